The van der Waals surface area contributed by atoms with E-state index in [0.717, 1.165) is 0 Å². The van der Waals surface area contributed by atoms with Crippen molar-refractivity contribution in [1.82, 2.24) is 10.3 Å². The molecule has 0 atom stereocenters. The molecule has 2 aromatic heterocycles. The van der Waals surface area contributed by atoms with Crippen LogP contribution in [0.15, 0.2) is 59.1 Å². The van der Waals surface area contributed by atoms with Gasteiger partial charge < -0.3 is 15.1 Å². The predicted octanol–water partition coefficient (Wildman–Crippen LogP) is 3.51. The van der Waals surface area contributed by atoms with E-state index in [-0.39, 0.29) is 18.1 Å². The first-order chi connectivity index (χ1) is 13.7. The quantitative estimate of drug-likeness (QED) is 0.585. The fourth-order valence-corrected chi connectivity index (χ4v) is 2.66. The molecule has 0 aliphatic heterocycles. The van der Waals surface area contributed by atoms with Crippen LogP contribution < -0.4 is 10.6 Å². The van der Waals surface area contributed by atoms with Crippen molar-refractivity contribution in [2.24, 2.45) is 0 Å². The van der Waals surface area contributed by atoms with Crippen LogP contribution in [-0.2, 0) is 11.2 Å². The van der Waals surface area contributed by atoms with Gasteiger partial charge in [-0.1, -0.05) is 12.1 Å². The molecule has 2 N–H and O–H groups in total. The summed E-state index contributed by atoms with van der Waals surface area (Å²) in [5.74, 6) is 1.10. The Bertz CT molecular complexity index is 994. The molecule has 0 saturated heterocycles. The Morgan fingerprint density at radius 2 is 2.00 bits per heavy atom. The number of rotatable bonds is 8. The lowest BCUT2D eigenvalue weighted by molar-refractivity contribution is -0.121. The number of amides is 1. The van der Waals surface area contributed by atoms with Gasteiger partial charge in [0.1, 0.15) is 29.2 Å². The summed E-state index contributed by atoms with van der Waals surface area (Å²) >= 11 is 0. The molecule has 142 valence electrons. The first kappa shape index (κ1) is 19.1. The molecule has 0 unspecified atom stereocenters. The zero-order valence-electron chi connectivity index (χ0n) is 15.1. The Kier molecular flexibility index (Phi) is 6.37. The molecular weight excluding hydrogens is 359 g/mol. The number of nitrogens with one attached hydrogen (secondary N) is 2. The average Bonchev–Trinajstić information content (AvgIpc) is 3.19. The maximum absolute atomic E-state index is 13.8. The maximum atomic E-state index is 13.8. The van der Waals surface area contributed by atoms with E-state index in [1.807, 2.05) is 0 Å². The van der Waals surface area contributed by atoms with E-state index in [0.29, 0.717) is 48.0 Å². The number of halogens is 1. The highest BCUT2D eigenvalue weighted by molar-refractivity contribution is 5.76. The SMILES string of the molecule is N#Cc1cccnc1NCCNC(=O)CCc1ccc(-c2ccccc2F)o1. The lowest BCUT2D eigenvalue weighted by atomic mass is 10.1. The molecule has 0 radical (unpaired) electrons. The summed E-state index contributed by atoms with van der Waals surface area (Å²) in [7, 11) is 0. The van der Waals surface area contributed by atoms with Crippen molar-refractivity contribution in [3.8, 4) is 17.4 Å². The maximum Gasteiger partial charge on any atom is 0.220 e. The van der Waals surface area contributed by atoms with Crippen LogP contribution in [-0.4, -0.2) is 24.0 Å². The molecule has 3 aromatic rings. The lowest BCUT2D eigenvalue weighted by Gasteiger charge is -2.08. The minimum absolute atomic E-state index is 0.118. The third kappa shape index (κ3) is 4.95. The Hall–Kier alpha value is -3.66. The molecule has 28 heavy (non-hydrogen) atoms. The van der Waals surface area contributed by atoms with Crippen molar-refractivity contribution in [2.45, 2.75) is 12.8 Å². The molecule has 0 saturated carbocycles. The van der Waals surface area contributed by atoms with E-state index >= 15 is 0 Å². The Morgan fingerprint density at radius 3 is 2.82 bits per heavy atom. The van der Waals surface area contributed by atoms with Gasteiger partial charge in [0, 0.05) is 32.1 Å². The molecule has 7 heteroatoms. The summed E-state index contributed by atoms with van der Waals surface area (Å²) in [4.78, 5) is 16.1. The van der Waals surface area contributed by atoms with Crippen molar-refractivity contribution in [3.63, 3.8) is 0 Å². The molecule has 1 aromatic carbocycles. The summed E-state index contributed by atoms with van der Waals surface area (Å²) in [6.07, 6.45) is 2.28. The molecule has 0 bridgehead atoms. The van der Waals surface area contributed by atoms with Crippen LogP contribution >= 0.6 is 0 Å². The van der Waals surface area contributed by atoms with Crippen molar-refractivity contribution in [1.29, 1.82) is 5.26 Å². The largest absolute Gasteiger partial charge is 0.461 e. The number of hydrogen-bond acceptors (Lipinski definition) is 5. The monoisotopic (exact) mass is 378 g/mol. The normalized spacial score (nSPS) is 10.3. The standard InChI is InChI=1S/C21H19FN4O2/c22-18-6-2-1-5-17(18)19-9-7-16(28-19)8-10-20(27)24-12-13-26-21-15(14-23)4-3-11-25-21/h1-7,9,11H,8,10,12-13H2,(H,24,27)(H,25,26). The molecule has 0 fully saturated rings. The lowest BCUT2D eigenvalue weighted by Crippen LogP contribution is -2.29. The van der Waals surface area contributed by atoms with Crippen LogP contribution in [0.2, 0.25) is 0 Å². The molecule has 1 amide bonds. The van der Waals surface area contributed by atoms with Gasteiger partial charge in [0.2, 0.25) is 5.91 Å². The first-order valence-electron chi connectivity index (χ1n) is 8.86. The third-order valence-electron chi connectivity index (χ3n) is 4.07. The minimum Gasteiger partial charge on any atom is -0.461 e. The molecule has 0 aliphatic carbocycles. The number of anilines is 1. The molecular formula is C21H19FN4O2. The Morgan fingerprint density at radius 1 is 1.14 bits per heavy atom. The topological polar surface area (TPSA) is 91.0 Å². The molecule has 6 nitrogen and oxygen atoms in total. The minimum atomic E-state index is -0.346. The molecule has 2 heterocycles. The van der Waals surface area contributed by atoms with Gasteiger partial charge in [0.05, 0.1) is 11.1 Å². The van der Waals surface area contributed by atoms with Crippen LogP contribution in [0.1, 0.15) is 17.7 Å². The summed E-state index contributed by atoms with van der Waals surface area (Å²) in [5.41, 5.74) is 0.854. The highest BCUT2D eigenvalue weighted by atomic mass is 19.1. The number of hydrogen-bond donors (Lipinski definition) is 2. The van der Waals surface area contributed by atoms with Crippen LogP contribution in [0.25, 0.3) is 11.3 Å². The third-order valence-corrected chi connectivity index (χ3v) is 4.07. The van der Waals surface area contributed by atoms with E-state index in [2.05, 4.69) is 21.7 Å². The van der Waals surface area contributed by atoms with Crippen molar-refractivity contribution in [2.75, 3.05) is 18.4 Å². The number of nitrogens with zero attached hydrogens (tertiary/aromatic N) is 2. The van der Waals surface area contributed by atoms with Crippen LogP contribution in [0.4, 0.5) is 10.2 Å². The summed E-state index contributed by atoms with van der Waals surface area (Å²) in [5, 5.41) is 14.8. The van der Waals surface area contributed by atoms with Gasteiger partial charge >= 0.3 is 0 Å². The van der Waals surface area contributed by atoms with E-state index in [4.69, 9.17) is 9.68 Å². The number of benzene rings is 1. The average molecular weight is 378 g/mol. The fourth-order valence-electron chi connectivity index (χ4n) is 2.66. The van der Waals surface area contributed by atoms with E-state index in [1.54, 1.807) is 48.7 Å². The number of furan rings is 1. The number of pyridine rings is 1. The van der Waals surface area contributed by atoms with Gasteiger partial charge in [-0.3, -0.25) is 4.79 Å². The van der Waals surface area contributed by atoms with Gasteiger partial charge in [-0.2, -0.15) is 5.26 Å². The van der Waals surface area contributed by atoms with Crippen LogP contribution in [0.3, 0.4) is 0 Å². The smallest absolute Gasteiger partial charge is 0.220 e. The van der Waals surface area contributed by atoms with E-state index in [9.17, 15) is 9.18 Å². The number of carbonyl (C=O) groups is 1. The second-order valence-corrected chi connectivity index (χ2v) is 6.03. The second-order valence-electron chi connectivity index (χ2n) is 6.03. The predicted molar refractivity (Wildman–Crippen MR) is 103 cm³/mol. The van der Waals surface area contributed by atoms with Gasteiger partial charge in [-0.25, -0.2) is 9.37 Å². The Balaban J connectivity index is 1.42. The number of nitriles is 1. The van der Waals surface area contributed by atoms with Crippen molar-refractivity contribution in [3.05, 3.63) is 71.9 Å². The first-order valence-corrected chi connectivity index (χ1v) is 8.86. The molecule has 0 aliphatic rings. The molecule has 3 rings (SSSR count). The highest BCUT2D eigenvalue weighted by Gasteiger charge is 2.10. The Labute approximate surface area is 162 Å². The zero-order valence-corrected chi connectivity index (χ0v) is 15.1. The van der Waals surface area contributed by atoms with Crippen molar-refractivity contribution >= 4 is 11.7 Å². The van der Waals surface area contributed by atoms with E-state index < -0.39 is 0 Å². The second kappa shape index (κ2) is 9.33. The van der Waals surface area contributed by atoms with E-state index in [1.165, 1.54) is 6.07 Å². The zero-order chi connectivity index (χ0) is 19.8. The summed E-state index contributed by atoms with van der Waals surface area (Å²) in [6.45, 7) is 0.856. The fraction of sp³-hybridized carbons (Fsp3) is 0.190. The summed E-state index contributed by atoms with van der Waals surface area (Å²) in [6, 6.07) is 15.3. The summed E-state index contributed by atoms with van der Waals surface area (Å²) < 4.78 is 19.4. The highest BCUT2D eigenvalue weighted by Crippen LogP contribution is 2.25. The van der Waals surface area contributed by atoms with Gasteiger partial charge in [0.15, 0.2) is 0 Å². The number of carbonyl (C=O) groups excluding carboxylic acids is 1. The van der Waals surface area contributed by atoms with Gasteiger partial charge in [0.25, 0.3) is 0 Å². The van der Waals surface area contributed by atoms with Crippen LogP contribution in [0, 0.1) is 17.1 Å². The number of aryl methyl sites for hydroxylation is 1. The number of aromatic nitrogens is 1. The van der Waals surface area contributed by atoms with Gasteiger partial charge in [-0.15, -0.1) is 0 Å². The van der Waals surface area contributed by atoms with Gasteiger partial charge in [-0.05, 0) is 36.4 Å². The van der Waals surface area contributed by atoms with Crippen molar-refractivity contribution < 1.29 is 13.6 Å². The van der Waals surface area contributed by atoms with Crippen LogP contribution in [0.5, 0.6) is 0 Å². The molecule has 0 spiro atoms.